The first-order valence-electron chi connectivity index (χ1n) is 14.3. The highest BCUT2D eigenvalue weighted by molar-refractivity contribution is 6.91. The van der Waals surface area contributed by atoms with Crippen molar-refractivity contribution >= 4 is 36.4 Å². The number of ether oxygens (including phenoxy) is 2. The minimum Gasteiger partial charge on any atom is -0.497 e. The van der Waals surface area contributed by atoms with Crippen molar-refractivity contribution in [3.63, 3.8) is 0 Å². The number of anilines is 2. The van der Waals surface area contributed by atoms with Crippen LogP contribution < -0.4 is 19.7 Å². The molecule has 8 heteroatoms. The molecule has 210 valence electrons. The fraction of sp³-hybridized carbons (Fsp3) is 0.548. The van der Waals surface area contributed by atoms with Gasteiger partial charge in [0.05, 0.1) is 27.0 Å². The summed E-state index contributed by atoms with van der Waals surface area (Å²) in [5, 5.41) is 11.3. The summed E-state index contributed by atoms with van der Waals surface area (Å²) >= 11 is 0. The van der Waals surface area contributed by atoms with E-state index in [-0.39, 0.29) is 36.0 Å². The lowest BCUT2D eigenvalue weighted by Crippen LogP contribution is -2.51. The van der Waals surface area contributed by atoms with E-state index in [1.807, 2.05) is 42.3 Å². The molecule has 2 aromatic carbocycles. The zero-order chi connectivity index (χ0) is 27.9. The maximum absolute atomic E-state index is 14.1. The van der Waals surface area contributed by atoms with Crippen LogP contribution in [0.2, 0.25) is 18.6 Å². The number of amides is 2. The lowest BCUT2D eigenvalue weighted by atomic mass is 9.82. The maximum Gasteiger partial charge on any atom is 0.264 e. The number of hydrogen-bond acceptors (Lipinski definition) is 5. The van der Waals surface area contributed by atoms with Gasteiger partial charge in [0.2, 0.25) is 5.91 Å². The van der Waals surface area contributed by atoms with E-state index in [1.54, 1.807) is 12.0 Å². The molecule has 39 heavy (non-hydrogen) atoms. The highest BCUT2D eigenvalue weighted by Crippen LogP contribution is 2.60. The van der Waals surface area contributed by atoms with E-state index in [1.165, 1.54) is 5.19 Å². The van der Waals surface area contributed by atoms with E-state index >= 15 is 0 Å². The van der Waals surface area contributed by atoms with Gasteiger partial charge in [0, 0.05) is 43.8 Å². The van der Waals surface area contributed by atoms with E-state index in [2.05, 4.69) is 32.2 Å². The van der Waals surface area contributed by atoms with Gasteiger partial charge in [-0.15, -0.1) is 0 Å². The Hall–Kier alpha value is -2.68. The monoisotopic (exact) mass is 550 g/mol. The van der Waals surface area contributed by atoms with Crippen LogP contribution in [0.3, 0.4) is 0 Å². The van der Waals surface area contributed by atoms with Crippen LogP contribution in [0.15, 0.2) is 42.5 Å². The SMILES string of the molecule is COc1ccc([Si](C)(C)[C@@H]2[C@@H](CCO)O[C@]3(C(=O)N(C)c4ccc(N5CCCCCCC5=O)cc43)[C@H]2C)cc1. The molecular weight excluding hydrogens is 508 g/mol. The summed E-state index contributed by atoms with van der Waals surface area (Å²) in [5.41, 5.74) is 1.47. The molecule has 2 fully saturated rings. The number of carbonyl (C=O) groups is 2. The highest BCUT2D eigenvalue weighted by atomic mass is 28.3. The molecule has 4 atom stereocenters. The van der Waals surface area contributed by atoms with Gasteiger partial charge >= 0.3 is 0 Å². The number of fused-ring (bicyclic) bond motifs is 2. The average molecular weight is 551 g/mol. The van der Waals surface area contributed by atoms with Gasteiger partial charge in [-0.25, -0.2) is 0 Å². The topological polar surface area (TPSA) is 79.3 Å². The van der Waals surface area contributed by atoms with Crippen LogP contribution in [0.25, 0.3) is 0 Å². The molecule has 2 aromatic rings. The maximum atomic E-state index is 14.1. The quantitative estimate of drug-likeness (QED) is 0.533. The number of nitrogens with zero attached hydrogens (tertiary/aromatic N) is 2. The van der Waals surface area contributed by atoms with E-state index in [0.717, 1.165) is 48.4 Å². The summed E-state index contributed by atoms with van der Waals surface area (Å²) in [6, 6.07) is 14.3. The molecule has 0 saturated carbocycles. The Morgan fingerprint density at radius 3 is 2.49 bits per heavy atom. The number of methoxy groups -OCH3 is 1. The third kappa shape index (κ3) is 4.50. The second-order valence-corrected chi connectivity index (χ2v) is 16.6. The Kier molecular flexibility index (Phi) is 7.65. The van der Waals surface area contributed by atoms with Gasteiger partial charge in [0.25, 0.3) is 5.91 Å². The Balaban J connectivity index is 1.59. The molecule has 1 N–H and O–H groups in total. The second-order valence-electron chi connectivity index (χ2n) is 11.9. The van der Waals surface area contributed by atoms with Crippen molar-refractivity contribution in [2.24, 2.45) is 5.92 Å². The van der Waals surface area contributed by atoms with Crippen molar-refractivity contribution in [2.75, 3.05) is 37.1 Å². The molecule has 2 amide bonds. The van der Waals surface area contributed by atoms with Crippen molar-refractivity contribution in [1.82, 2.24) is 0 Å². The minimum atomic E-state index is -2.21. The summed E-state index contributed by atoms with van der Waals surface area (Å²) in [7, 11) is 1.27. The lowest BCUT2D eigenvalue weighted by Gasteiger charge is -2.37. The predicted molar refractivity (Wildman–Crippen MR) is 157 cm³/mol. The van der Waals surface area contributed by atoms with Crippen LogP contribution in [0.4, 0.5) is 11.4 Å². The van der Waals surface area contributed by atoms with Crippen molar-refractivity contribution in [3.8, 4) is 5.75 Å². The summed E-state index contributed by atoms with van der Waals surface area (Å²) in [6.07, 6.45) is 4.87. The number of hydrogen-bond donors (Lipinski definition) is 1. The number of rotatable bonds is 6. The molecule has 3 heterocycles. The second kappa shape index (κ2) is 10.7. The average Bonchev–Trinajstić information content (AvgIpc) is 3.33. The van der Waals surface area contributed by atoms with Crippen LogP contribution in [0, 0.1) is 5.92 Å². The summed E-state index contributed by atoms with van der Waals surface area (Å²) in [6.45, 7) is 7.51. The van der Waals surface area contributed by atoms with Gasteiger partial charge in [-0.1, -0.05) is 50.2 Å². The first-order valence-corrected chi connectivity index (χ1v) is 17.4. The third-order valence-corrected chi connectivity index (χ3v) is 13.9. The van der Waals surface area contributed by atoms with Crippen molar-refractivity contribution in [1.29, 1.82) is 0 Å². The molecule has 0 radical (unpaired) electrons. The number of carbonyl (C=O) groups excluding carboxylic acids is 2. The number of aliphatic hydroxyl groups excluding tert-OH is 1. The van der Waals surface area contributed by atoms with Gasteiger partial charge in [-0.2, -0.15) is 0 Å². The number of benzene rings is 2. The Labute approximate surface area is 233 Å². The van der Waals surface area contributed by atoms with Crippen molar-refractivity contribution in [2.45, 2.75) is 75.8 Å². The van der Waals surface area contributed by atoms with E-state index < -0.39 is 13.7 Å². The standard InChI is InChI=1S/C31H42N2O5Si/c1-21-29(39(4,5)24-14-12-23(37-3)13-15-24)27(17-19-34)38-31(21)25-20-22(11-16-26(25)32(2)30(31)36)33-18-9-7-6-8-10-28(33)35/h11-16,20-21,27,29,34H,6-10,17-19H2,1-5H3/t21-,27+,29-,31+/m0/s1. The Morgan fingerprint density at radius 1 is 1.08 bits per heavy atom. The van der Waals surface area contributed by atoms with Crippen LogP contribution in [0.5, 0.6) is 5.75 Å². The van der Waals surface area contributed by atoms with E-state index in [0.29, 0.717) is 19.4 Å². The summed E-state index contributed by atoms with van der Waals surface area (Å²) in [5.74, 6) is 0.778. The van der Waals surface area contributed by atoms with Gasteiger partial charge < -0.3 is 24.4 Å². The fourth-order valence-electron chi connectivity index (χ4n) is 7.40. The van der Waals surface area contributed by atoms with Gasteiger partial charge in [-0.3, -0.25) is 9.59 Å². The Morgan fingerprint density at radius 2 is 1.79 bits per heavy atom. The van der Waals surface area contributed by atoms with E-state index in [9.17, 15) is 14.7 Å². The summed E-state index contributed by atoms with van der Waals surface area (Å²) in [4.78, 5) is 30.8. The lowest BCUT2D eigenvalue weighted by molar-refractivity contribution is -0.145. The van der Waals surface area contributed by atoms with Crippen LogP contribution >= 0.6 is 0 Å². The molecular formula is C31H42N2O5Si. The molecule has 0 unspecified atom stereocenters. The molecule has 5 rings (SSSR count). The molecule has 0 aliphatic carbocycles. The van der Waals surface area contributed by atoms with Crippen LogP contribution in [0.1, 0.15) is 51.0 Å². The molecule has 3 aliphatic rings. The smallest absolute Gasteiger partial charge is 0.264 e. The Bertz CT molecular complexity index is 1230. The molecule has 2 saturated heterocycles. The van der Waals surface area contributed by atoms with Gasteiger partial charge in [0.15, 0.2) is 5.60 Å². The largest absolute Gasteiger partial charge is 0.497 e. The highest BCUT2D eigenvalue weighted by Gasteiger charge is 2.65. The minimum absolute atomic E-state index is 0.00370. The number of likely N-dealkylation sites (N-methyl/N-ethyl adjacent to an activating group) is 1. The van der Waals surface area contributed by atoms with Gasteiger partial charge in [-0.05, 0) is 55.1 Å². The third-order valence-electron chi connectivity index (χ3n) is 9.50. The first-order chi connectivity index (χ1) is 18.7. The molecule has 7 nitrogen and oxygen atoms in total. The first kappa shape index (κ1) is 27.9. The predicted octanol–water partition coefficient (Wildman–Crippen LogP) is 4.57. The van der Waals surface area contributed by atoms with Gasteiger partial charge in [0.1, 0.15) is 5.75 Å². The summed E-state index contributed by atoms with van der Waals surface area (Å²) < 4.78 is 12.3. The zero-order valence-electron chi connectivity index (χ0n) is 23.9. The van der Waals surface area contributed by atoms with E-state index in [4.69, 9.17) is 9.47 Å². The molecule has 1 spiro atoms. The van der Waals surface area contributed by atoms with Crippen LogP contribution in [-0.2, 0) is 19.9 Å². The number of aliphatic hydroxyl groups is 1. The molecule has 3 aliphatic heterocycles. The molecule has 0 aromatic heterocycles. The normalized spacial score (nSPS) is 27.6. The van der Waals surface area contributed by atoms with Crippen LogP contribution in [-0.4, -0.2) is 58.4 Å². The molecule has 0 bridgehead atoms. The fourth-order valence-corrected chi connectivity index (χ4v) is 11.5. The van der Waals surface area contributed by atoms with Crippen molar-refractivity contribution < 1.29 is 24.2 Å². The van der Waals surface area contributed by atoms with Crippen molar-refractivity contribution in [3.05, 3.63) is 48.0 Å². The zero-order valence-corrected chi connectivity index (χ0v) is 24.9.